The second kappa shape index (κ2) is 10.9. The highest BCUT2D eigenvalue weighted by Crippen LogP contribution is 2.32. The molecular weight excluding hydrogens is 364 g/mol. The first kappa shape index (κ1) is 20.5. The van der Waals surface area contributed by atoms with Crippen molar-refractivity contribution in [3.8, 4) is 5.75 Å². The van der Waals surface area contributed by atoms with Crippen LogP contribution in [0, 0.1) is 0 Å². The van der Waals surface area contributed by atoms with Crippen molar-refractivity contribution in [2.75, 3.05) is 12.4 Å². The fourth-order valence-electron chi connectivity index (χ4n) is 3.42. The van der Waals surface area contributed by atoms with Crippen LogP contribution < -0.4 is 4.74 Å². The lowest BCUT2D eigenvalue weighted by molar-refractivity contribution is -0.107. The van der Waals surface area contributed by atoms with E-state index >= 15 is 0 Å². The molecule has 3 heteroatoms. The van der Waals surface area contributed by atoms with E-state index in [0.29, 0.717) is 0 Å². The average Bonchev–Trinajstić information content (AvgIpc) is 2.75. The Labute approximate surface area is 172 Å². The summed E-state index contributed by atoms with van der Waals surface area (Å²) in [5.41, 5.74) is 5.42. The number of ether oxygens (including phenoxy) is 1. The van der Waals surface area contributed by atoms with Gasteiger partial charge in [0.05, 0.1) is 6.61 Å². The summed E-state index contributed by atoms with van der Waals surface area (Å²) in [5, 5.41) is 0.0708. The molecule has 0 N–H and O–H groups in total. The molecule has 0 radical (unpaired) electrons. The van der Waals surface area contributed by atoms with Crippen LogP contribution in [-0.4, -0.2) is 17.5 Å². The third-order valence-electron chi connectivity index (χ3n) is 4.97. The Bertz CT molecular complexity index is 824. The molecule has 1 aliphatic carbocycles. The zero-order chi connectivity index (χ0) is 19.6. The first-order valence-electron chi connectivity index (χ1n) is 10.1. The van der Waals surface area contributed by atoms with Crippen LogP contribution in [-0.2, 0) is 11.2 Å². The van der Waals surface area contributed by atoms with E-state index in [1.54, 1.807) is 0 Å². The summed E-state index contributed by atoms with van der Waals surface area (Å²) in [4.78, 5) is 11.1. The number of rotatable bonds is 10. The summed E-state index contributed by atoms with van der Waals surface area (Å²) in [7, 11) is 0. The van der Waals surface area contributed by atoms with Crippen molar-refractivity contribution in [3.05, 3.63) is 77.9 Å². The molecule has 0 atom stereocenters. The summed E-state index contributed by atoms with van der Waals surface area (Å²) in [5.74, 6) is 1.86. The van der Waals surface area contributed by atoms with Crippen molar-refractivity contribution in [2.45, 2.75) is 38.5 Å². The van der Waals surface area contributed by atoms with Crippen molar-refractivity contribution in [2.24, 2.45) is 0 Å². The summed E-state index contributed by atoms with van der Waals surface area (Å²) in [6, 6.07) is 17.1. The molecule has 0 saturated carbocycles. The zero-order valence-electron chi connectivity index (χ0n) is 16.4. The Hall–Kier alpha value is -2.26. The molecule has 0 bridgehead atoms. The Balaban J connectivity index is 1.41. The number of carbonyl (C=O) groups is 1. The fraction of sp³-hybridized carbons (Fsp3) is 0.320. The van der Waals surface area contributed by atoms with E-state index in [9.17, 15) is 4.79 Å². The number of unbranched alkanes of at least 4 members (excludes halogenated alkanes) is 3. The number of carbonyl (C=O) groups excluding carboxylic acids is 1. The van der Waals surface area contributed by atoms with Gasteiger partial charge >= 0.3 is 0 Å². The van der Waals surface area contributed by atoms with Crippen LogP contribution in [0.1, 0.15) is 48.8 Å². The topological polar surface area (TPSA) is 26.3 Å². The normalized spacial score (nSPS) is 12.8. The van der Waals surface area contributed by atoms with E-state index in [1.807, 2.05) is 0 Å². The first-order valence-corrected chi connectivity index (χ1v) is 11.1. The minimum atomic E-state index is 0.0708. The van der Waals surface area contributed by atoms with E-state index < -0.39 is 0 Å². The van der Waals surface area contributed by atoms with Gasteiger partial charge in [-0.1, -0.05) is 73.7 Å². The number of benzene rings is 2. The Morgan fingerprint density at radius 1 is 1.04 bits per heavy atom. The third kappa shape index (κ3) is 6.13. The molecule has 0 spiro atoms. The predicted molar refractivity (Wildman–Crippen MR) is 121 cm³/mol. The van der Waals surface area contributed by atoms with Crippen molar-refractivity contribution < 1.29 is 9.53 Å². The summed E-state index contributed by atoms with van der Waals surface area (Å²) < 4.78 is 5.95. The van der Waals surface area contributed by atoms with Crippen molar-refractivity contribution in [1.29, 1.82) is 0 Å². The highest BCUT2D eigenvalue weighted by atomic mass is 32.2. The van der Waals surface area contributed by atoms with Crippen LogP contribution in [0.25, 0.3) is 11.6 Å². The highest BCUT2D eigenvalue weighted by molar-refractivity contribution is 8.14. The van der Waals surface area contributed by atoms with Gasteiger partial charge in [-0.15, -0.1) is 0 Å². The molecule has 0 unspecified atom stereocenters. The lowest BCUT2D eigenvalue weighted by Crippen LogP contribution is -2.02. The van der Waals surface area contributed by atoms with Gasteiger partial charge in [-0.3, -0.25) is 4.79 Å². The van der Waals surface area contributed by atoms with Gasteiger partial charge in [0.15, 0.2) is 0 Å². The van der Waals surface area contributed by atoms with E-state index in [1.165, 1.54) is 40.1 Å². The third-order valence-corrected chi connectivity index (χ3v) is 5.91. The Morgan fingerprint density at radius 2 is 1.86 bits per heavy atom. The minimum absolute atomic E-state index is 0.0708. The maximum atomic E-state index is 11.1. The molecule has 0 aromatic heterocycles. The number of allylic oxidation sites excluding steroid dienone is 1. The Kier molecular flexibility index (Phi) is 7.98. The molecule has 0 saturated heterocycles. The molecule has 0 heterocycles. The molecule has 2 aromatic rings. The summed E-state index contributed by atoms with van der Waals surface area (Å²) >= 11 is 1.36. The molecule has 0 fully saturated rings. The van der Waals surface area contributed by atoms with Gasteiger partial charge in [0.25, 0.3) is 0 Å². The van der Waals surface area contributed by atoms with Gasteiger partial charge in [-0.05, 0) is 66.2 Å². The SMILES string of the molecule is C=CC(=O)SCCCCCCOc1ccc2c(c1)CCC(c1ccccc1)=C2. The largest absolute Gasteiger partial charge is 0.494 e. The molecule has 1 aliphatic rings. The standard InChI is InChI=1S/C25H28O2S/c1-2-25(26)28-17-9-4-3-8-16-27-24-15-14-22-18-21(12-13-23(22)19-24)20-10-6-5-7-11-20/h2,5-7,10-11,14-15,18-19H,1,3-4,8-9,12-13,16-17H2. The molecule has 0 aliphatic heterocycles. The van der Waals surface area contributed by atoms with Gasteiger partial charge in [-0.2, -0.15) is 0 Å². The van der Waals surface area contributed by atoms with E-state index in [-0.39, 0.29) is 5.12 Å². The van der Waals surface area contributed by atoms with E-state index in [0.717, 1.165) is 56.6 Å². The van der Waals surface area contributed by atoms with Crippen LogP contribution in [0.2, 0.25) is 0 Å². The number of fused-ring (bicyclic) bond motifs is 1. The molecule has 2 aromatic carbocycles. The van der Waals surface area contributed by atoms with Crippen molar-refractivity contribution in [3.63, 3.8) is 0 Å². The lowest BCUT2D eigenvalue weighted by atomic mass is 9.88. The summed E-state index contributed by atoms with van der Waals surface area (Å²) in [6.45, 7) is 4.24. The minimum Gasteiger partial charge on any atom is -0.494 e. The van der Waals surface area contributed by atoms with Crippen molar-refractivity contribution in [1.82, 2.24) is 0 Å². The van der Waals surface area contributed by atoms with Gasteiger partial charge in [-0.25, -0.2) is 0 Å². The second-order valence-electron chi connectivity index (χ2n) is 7.03. The quantitative estimate of drug-likeness (QED) is 0.338. The highest BCUT2D eigenvalue weighted by Gasteiger charge is 2.12. The number of hydrogen-bond donors (Lipinski definition) is 0. The maximum Gasteiger partial charge on any atom is 0.211 e. The zero-order valence-corrected chi connectivity index (χ0v) is 17.2. The summed E-state index contributed by atoms with van der Waals surface area (Å²) in [6.07, 6.45) is 10.2. The van der Waals surface area contributed by atoms with Crippen LogP contribution in [0.15, 0.2) is 61.2 Å². The van der Waals surface area contributed by atoms with Crippen LogP contribution in [0.5, 0.6) is 5.75 Å². The van der Waals surface area contributed by atoms with Gasteiger partial charge < -0.3 is 4.74 Å². The lowest BCUT2D eigenvalue weighted by Gasteiger charge is -2.18. The molecule has 0 amide bonds. The number of thioether (sulfide) groups is 1. The van der Waals surface area contributed by atoms with Crippen LogP contribution in [0.4, 0.5) is 0 Å². The number of aryl methyl sites for hydroxylation is 1. The predicted octanol–water partition coefficient (Wildman–Crippen LogP) is 6.56. The smallest absolute Gasteiger partial charge is 0.211 e. The second-order valence-corrected chi connectivity index (χ2v) is 8.13. The number of hydrogen-bond acceptors (Lipinski definition) is 3. The molecule has 28 heavy (non-hydrogen) atoms. The van der Waals surface area contributed by atoms with Crippen molar-refractivity contribution >= 4 is 28.5 Å². The van der Waals surface area contributed by atoms with Gasteiger partial charge in [0.2, 0.25) is 5.12 Å². The van der Waals surface area contributed by atoms with Crippen LogP contribution in [0.3, 0.4) is 0 Å². The maximum absolute atomic E-state index is 11.1. The molecule has 146 valence electrons. The molecule has 3 rings (SSSR count). The first-order chi connectivity index (χ1) is 13.8. The van der Waals surface area contributed by atoms with Gasteiger partial charge in [0, 0.05) is 5.75 Å². The van der Waals surface area contributed by atoms with Crippen LogP contribution >= 0.6 is 11.8 Å². The fourth-order valence-corrected chi connectivity index (χ4v) is 4.09. The average molecular weight is 393 g/mol. The molecule has 2 nitrogen and oxygen atoms in total. The van der Waals surface area contributed by atoms with Gasteiger partial charge in [0.1, 0.15) is 5.75 Å². The Morgan fingerprint density at radius 3 is 2.68 bits per heavy atom. The van der Waals surface area contributed by atoms with E-state index in [2.05, 4.69) is 61.2 Å². The van der Waals surface area contributed by atoms with E-state index in [4.69, 9.17) is 4.74 Å². The monoisotopic (exact) mass is 392 g/mol. The molecular formula is C25H28O2S.